The van der Waals surface area contributed by atoms with Gasteiger partial charge in [-0.05, 0) is 117 Å². The number of carboxylic acids is 4. The molecule has 0 amide bonds. The number of aromatic nitrogens is 4. The number of hydrogen-bond acceptors (Lipinski definition) is 6. The molecule has 13 heteroatoms. The number of carboxylic acid groups (broad SMARTS) is 4. The van der Waals surface area contributed by atoms with Crippen molar-refractivity contribution in [2.45, 2.75) is 0 Å². The first-order valence-electron chi connectivity index (χ1n) is 18.4. The van der Waals surface area contributed by atoms with Crippen LogP contribution in [0, 0.1) is 0 Å². The Morgan fingerprint density at radius 3 is 0.705 bits per heavy atom. The van der Waals surface area contributed by atoms with E-state index < -0.39 is 23.9 Å². The van der Waals surface area contributed by atoms with Gasteiger partial charge in [0.15, 0.2) is 0 Å². The minimum absolute atomic E-state index is 0. The monoisotopic (exact) mass is 985 g/mol. The molecule has 61 heavy (non-hydrogen) atoms. The van der Waals surface area contributed by atoms with Gasteiger partial charge in [0.2, 0.25) is 0 Å². The zero-order valence-corrected chi connectivity index (χ0v) is 33.5. The Hall–Kier alpha value is -7.90. The molecule has 3 aromatic heterocycles. The molecule has 4 aromatic carbocycles. The van der Waals surface area contributed by atoms with Gasteiger partial charge in [0.25, 0.3) is 0 Å². The van der Waals surface area contributed by atoms with Gasteiger partial charge in [-0.15, -0.1) is 22.1 Å². The molecular formula is C48H28AuN4O8-2. The molecule has 0 fully saturated rings. The maximum absolute atomic E-state index is 11.8. The van der Waals surface area contributed by atoms with Gasteiger partial charge in [-0.3, -0.25) is 0 Å². The molecule has 12 nitrogen and oxygen atoms in total. The summed E-state index contributed by atoms with van der Waals surface area (Å²) in [4.78, 5) is 67.8. The van der Waals surface area contributed by atoms with Crippen molar-refractivity contribution < 1.29 is 62.0 Å². The van der Waals surface area contributed by atoms with E-state index in [1.807, 2.05) is 48.6 Å². The molecule has 2 aliphatic heterocycles. The number of fused-ring (bicyclic) bond motifs is 8. The summed E-state index contributed by atoms with van der Waals surface area (Å²) in [7, 11) is 0. The average molecular weight is 986 g/mol. The molecule has 0 aliphatic carbocycles. The van der Waals surface area contributed by atoms with E-state index in [-0.39, 0.29) is 44.6 Å². The van der Waals surface area contributed by atoms with Crippen LogP contribution in [0.1, 0.15) is 64.2 Å². The van der Waals surface area contributed by atoms with Crippen LogP contribution >= 0.6 is 0 Å². The van der Waals surface area contributed by atoms with Gasteiger partial charge in [0.1, 0.15) is 0 Å². The summed E-state index contributed by atoms with van der Waals surface area (Å²) in [5.74, 6) is -4.30. The minimum Gasteiger partial charge on any atom is -0.657 e. The van der Waals surface area contributed by atoms with Crippen molar-refractivity contribution in [2.75, 3.05) is 0 Å². The number of rotatable bonds is 8. The van der Waals surface area contributed by atoms with Crippen molar-refractivity contribution >= 4 is 70.2 Å². The van der Waals surface area contributed by atoms with Crippen molar-refractivity contribution in [1.29, 1.82) is 0 Å². The molecule has 1 radical (unpaired) electrons. The second-order valence-electron chi connectivity index (χ2n) is 13.9. The Balaban J connectivity index is 0.00000514. The molecule has 0 atom stereocenters. The molecule has 0 saturated carbocycles. The Labute approximate surface area is 361 Å². The third-order valence-electron chi connectivity index (χ3n) is 10.3. The summed E-state index contributed by atoms with van der Waals surface area (Å²) < 4.78 is 0. The van der Waals surface area contributed by atoms with Crippen molar-refractivity contribution in [3.8, 4) is 44.5 Å². The Morgan fingerprint density at radius 2 is 0.525 bits per heavy atom. The topological polar surface area (TPSA) is 203 Å². The van der Waals surface area contributed by atoms with Gasteiger partial charge >= 0.3 is 23.9 Å². The average Bonchev–Trinajstić information content (AvgIpc) is 4.10. The summed E-state index contributed by atoms with van der Waals surface area (Å²) in [5.41, 5.74) is 9.53. The first-order valence-corrected chi connectivity index (χ1v) is 18.4. The number of carbonyl (C=O) groups is 4. The molecule has 4 N–H and O–H groups in total. The van der Waals surface area contributed by atoms with Crippen LogP contribution in [0.4, 0.5) is 0 Å². The molecule has 5 heterocycles. The van der Waals surface area contributed by atoms with Crippen molar-refractivity contribution in [3.63, 3.8) is 0 Å². The van der Waals surface area contributed by atoms with Crippen molar-refractivity contribution in [2.24, 2.45) is 0 Å². The van der Waals surface area contributed by atoms with E-state index in [9.17, 15) is 39.6 Å². The molecule has 9 rings (SSSR count). The molecule has 2 aliphatic rings. The van der Waals surface area contributed by atoms with E-state index in [1.165, 1.54) is 48.5 Å². The Morgan fingerprint density at radius 1 is 0.328 bits per heavy atom. The maximum atomic E-state index is 11.8. The second kappa shape index (κ2) is 16.0. The van der Waals surface area contributed by atoms with Crippen LogP contribution in [0.25, 0.3) is 90.9 Å². The van der Waals surface area contributed by atoms with E-state index in [1.54, 1.807) is 48.5 Å². The predicted octanol–water partition coefficient (Wildman–Crippen LogP) is 9.37. The second-order valence-corrected chi connectivity index (χ2v) is 13.9. The number of aromatic carboxylic acids is 4. The van der Waals surface area contributed by atoms with Gasteiger partial charge in [-0.1, -0.05) is 72.8 Å². The Kier molecular flexibility index (Phi) is 10.5. The Bertz CT molecular complexity index is 2760. The third-order valence-corrected chi connectivity index (χ3v) is 10.3. The third kappa shape index (κ3) is 7.49. The van der Waals surface area contributed by atoms with Gasteiger partial charge in [0, 0.05) is 22.4 Å². The normalized spacial score (nSPS) is 11.5. The fraction of sp³-hybridized carbons (Fsp3) is 0. The summed E-state index contributed by atoms with van der Waals surface area (Å²) >= 11 is 0. The van der Waals surface area contributed by atoms with Crippen LogP contribution < -0.4 is 9.97 Å². The summed E-state index contributed by atoms with van der Waals surface area (Å²) in [6, 6.07) is 33.0. The predicted molar refractivity (Wildman–Crippen MR) is 226 cm³/mol. The zero-order chi connectivity index (χ0) is 41.7. The molecule has 0 unspecified atom stereocenters. The fourth-order valence-corrected chi connectivity index (χ4v) is 7.39. The number of hydrogen-bond donors (Lipinski definition) is 4. The van der Waals surface area contributed by atoms with E-state index in [4.69, 9.17) is 19.9 Å². The first kappa shape index (κ1) is 39.9. The SMILES string of the molecule is O=C(O)c1ccc(-c2c3nc(c(-c4ccc(C(=O)O)cc4)c4ccc([n-]4)c(-c4ccc(C(=O)O)cc4)c4nc(c(-c5ccc(C(=O)O)cc5)c5ccc2[n-]5)C=C4)C=C3)cc1.[Au]. The van der Waals surface area contributed by atoms with Gasteiger partial charge < -0.3 is 30.4 Å². The largest absolute Gasteiger partial charge is 0.657 e. The first-order chi connectivity index (χ1) is 29.0. The van der Waals surface area contributed by atoms with Crippen LogP contribution in [0.3, 0.4) is 0 Å². The molecule has 7 aromatic rings. The fourth-order valence-electron chi connectivity index (χ4n) is 7.39. The van der Waals surface area contributed by atoms with Gasteiger partial charge in [-0.25, -0.2) is 29.1 Å². The van der Waals surface area contributed by atoms with Gasteiger partial charge in [0.05, 0.1) is 45.0 Å². The maximum Gasteiger partial charge on any atom is 0.335 e. The smallest absolute Gasteiger partial charge is 0.335 e. The standard InChI is InChI=1S/C48H30N4O8.Au/c53-45(54)29-9-1-25(2-10-29)41-33-17-19-35(49-33)42(26-3-11-30(12-4-26)46(55)56)37-21-23-39(51-37)44(28-7-15-32(16-8-28)48(59)60)40-24-22-38(52-40)43(36-20-18-34(41)50-36)27-5-13-31(14-6-27)47(57)58;/h1-24H,(H6,49,50,51,52,53,54,55,56,57,58,59,60);/p-2. The van der Waals surface area contributed by atoms with Crippen LogP contribution in [0.15, 0.2) is 121 Å². The molecule has 0 saturated heterocycles. The van der Waals surface area contributed by atoms with Crippen LogP contribution in [0.2, 0.25) is 0 Å². The van der Waals surface area contributed by atoms with Crippen LogP contribution in [-0.2, 0) is 22.4 Å². The van der Waals surface area contributed by atoms with E-state index in [0.717, 1.165) is 0 Å². The van der Waals surface area contributed by atoms with Gasteiger partial charge in [-0.2, -0.15) is 0 Å². The molecule has 8 bridgehead atoms. The molecular weight excluding hydrogens is 958 g/mol. The van der Waals surface area contributed by atoms with Crippen LogP contribution in [-0.4, -0.2) is 54.3 Å². The van der Waals surface area contributed by atoms with E-state index in [2.05, 4.69) is 0 Å². The molecule has 301 valence electrons. The minimum atomic E-state index is -1.07. The zero-order valence-electron chi connectivity index (χ0n) is 31.4. The van der Waals surface area contributed by atoms with Crippen molar-refractivity contribution in [1.82, 2.24) is 19.9 Å². The van der Waals surface area contributed by atoms with E-state index in [0.29, 0.717) is 89.4 Å². The van der Waals surface area contributed by atoms with Crippen molar-refractivity contribution in [3.05, 3.63) is 166 Å². The summed E-state index contributed by atoms with van der Waals surface area (Å²) in [5, 5.41) is 38.7. The number of nitrogens with zero attached hydrogens (tertiary/aromatic N) is 4. The van der Waals surface area contributed by atoms with Crippen LogP contribution in [0.5, 0.6) is 0 Å². The molecule has 0 spiro atoms. The quantitative estimate of drug-likeness (QED) is 0.105. The van der Waals surface area contributed by atoms with E-state index >= 15 is 0 Å². The summed E-state index contributed by atoms with van der Waals surface area (Å²) in [6.45, 7) is 0. The summed E-state index contributed by atoms with van der Waals surface area (Å²) in [6.07, 6.45) is 7.33. The number of benzene rings is 4.